The number of hydrogen-bond donors (Lipinski definition) is 0. The molecule has 1 aromatic rings. The van der Waals surface area contributed by atoms with Crippen molar-refractivity contribution in [3.05, 3.63) is 59.0 Å². The third-order valence-corrected chi connectivity index (χ3v) is 3.41. The summed E-state index contributed by atoms with van der Waals surface area (Å²) in [6.45, 7) is 4.31. The van der Waals surface area contributed by atoms with Gasteiger partial charge in [0, 0.05) is 6.20 Å². The molecule has 0 atom stereocenters. The lowest BCUT2D eigenvalue weighted by molar-refractivity contribution is 0.354. The summed E-state index contributed by atoms with van der Waals surface area (Å²) in [6, 6.07) is 9.75. The maximum absolute atomic E-state index is 9.06. The average Bonchev–Trinajstić information content (AvgIpc) is 2.46. The third-order valence-electron chi connectivity index (χ3n) is 3.41. The molecule has 21 heavy (non-hydrogen) atoms. The van der Waals surface area contributed by atoms with Crippen molar-refractivity contribution in [3.8, 4) is 12.1 Å². The minimum atomic E-state index is 0.0484. The topological polar surface area (TPSA) is 60.5 Å². The smallest absolute Gasteiger partial charge is 0.132 e. The minimum absolute atomic E-state index is 0.0484. The molecule has 0 N–H and O–H groups in total. The van der Waals surface area contributed by atoms with E-state index < -0.39 is 0 Å². The Labute approximate surface area is 125 Å². The summed E-state index contributed by atoms with van der Waals surface area (Å²) >= 11 is 0. The summed E-state index contributed by atoms with van der Waals surface area (Å²) < 4.78 is 0. The highest BCUT2D eigenvalue weighted by Gasteiger charge is 2.26. The quantitative estimate of drug-likeness (QED) is 0.760. The van der Waals surface area contributed by atoms with Gasteiger partial charge < -0.3 is 0 Å². The lowest BCUT2D eigenvalue weighted by Crippen LogP contribution is -2.17. The highest BCUT2D eigenvalue weighted by molar-refractivity contribution is 5.54. The Balaban J connectivity index is 2.35. The van der Waals surface area contributed by atoms with E-state index in [1.807, 2.05) is 48.6 Å². The molecule has 1 aliphatic rings. The van der Waals surface area contributed by atoms with Gasteiger partial charge in [0.1, 0.15) is 17.7 Å². The number of allylic oxidation sites excluding steroid dienone is 5. The van der Waals surface area contributed by atoms with Crippen molar-refractivity contribution in [1.82, 2.24) is 4.98 Å². The standard InChI is InChI=1S/C18H17N3/c1-18(2)10-14(6-7-17-5-3-4-8-21-17)9-15(11-18)16(12-19)13-20/h3-9H,10-11H2,1-2H3/b7-6+. The van der Waals surface area contributed by atoms with Gasteiger partial charge in [-0.05, 0) is 47.6 Å². The SMILES string of the molecule is CC1(C)CC(/C=C/c2ccccn2)=CC(=C(C#N)C#N)C1. The van der Waals surface area contributed by atoms with Crippen LogP contribution in [0.2, 0.25) is 0 Å². The van der Waals surface area contributed by atoms with E-state index in [1.165, 1.54) is 0 Å². The van der Waals surface area contributed by atoms with E-state index in [2.05, 4.69) is 18.8 Å². The van der Waals surface area contributed by atoms with Gasteiger partial charge in [-0.15, -0.1) is 0 Å². The molecular weight excluding hydrogens is 258 g/mol. The van der Waals surface area contributed by atoms with Crippen LogP contribution in [0.3, 0.4) is 0 Å². The van der Waals surface area contributed by atoms with Crippen molar-refractivity contribution in [3.63, 3.8) is 0 Å². The number of aromatic nitrogens is 1. The Morgan fingerprint density at radius 3 is 2.57 bits per heavy atom. The van der Waals surface area contributed by atoms with E-state index in [0.717, 1.165) is 29.7 Å². The fourth-order valence-electron chi connectivity index (χ4n) is 2.56. The maximum atomic E-state index is 9.06. The van der Waals surface area contributed by atoms with Crippen molar-refractivity contribution >= 4 is 6.08 Å². The monoisotopic (exact) mass is 275 g/mol. The first-order valence-electron chi connectivity index (χ1n) is 6.87. The van der Waals surface area contributed by atoms with Gasteiger partial charge in [0.2, 0.25) is 0 Å². The van der Waals surface area contributed by atoms with Crippen molar-refractivity contribution in [2.75, 3.05) is 0 Å². The molecule has 0 bridgehead atoms. The molecule has 1 aromatic heterocycles. The second kappa shape index (κ2) is 6.20. The van der Waals surface area contributed by atoms with E-state index in [1.54, 1.807) is 6.20 Å². The van der Waals surface area contributed by atoms with Crippen LogP contribution in [0.15, 0.2) is 53.3 Å². The third kappa shape index (κ3) is 3.91. The molecule has 3 heteroatoms. The van der Waals surface area contributed by atoms with Gasteiger partial charge in [-0.25, -0.2) is 0 Å². The number of nitrogens with zero attached hydrogens (tertiary/aromatic N) is 3. The number of hydrogen-bond acceptors (Lipinski definition) is 3. The van der Waals surface area contributed by atoms with Crippen LogP contribution in [0.1, 0.15) is 32.4 Å². The zero-order valence-corrected chi connectivity index (χ0v) is 12.3. The minimum Gasteiger partial charge on any atom is -0.257 e. The Hall–Kier alpha value is -2.65. The lowest BCUT2D eigenvalue weighted by atomic mass is 9.74. The summed E-state index contributed by atoms with van der Waals surface area (Å²) in [4.78, 5) is 4.26. The zero-order chi connectivity index (χ0) is 15.3. The summed E-state index contributed by atoms with van der Waals surface area (Å²) in [6.07, 6.45) is 9.38. The molecule has 0 fully saturated rings. The second-order valence-corrected chi connectivity index (χ2v) is 5.95. The lowest BCUT2D eigenvalue weighted by Gasteiger charge is -2.30. The Morgan fingerprint density at radius 2 is 1.95 bits per heavy atom. The summed E-state index contributed by atoms with van der Waals surface area (Å²) in [7, 11) is 0. The van der Waals surface area contributed by atoms with Crippen molar-refractivity contribution < 1.29 is 0 Å². The van der Waals surface area contributed by atoms with Crippen LogP contribution >= 0.6 is 0 Å². The molecule has 104 valence electrons. The number of pyridine rings is 1. The van der Waals surface area contributed by atoms with E-state index >= 15 is 0 Å². The largest absolute Gasteiger partial charge is 0.257 e. The predicted molar refractivity (Wildman–Crippen MR) is 82.6 cm³/mol. The molecule has 0 aliphatic heterocycles. The van der Waals surface area contributed by atoms with Crippen molar-refractivity contribution in [1.29, 1.82) is 10.5 Å². The number of nitriles is 2. The molecule has 0 saturated heterocycles. The van der Waals surface area contributed by atoms with Gasteiger partial charge in [0.25, 0.3) is 0 Å². The Kier molecular flexibility index (Phi) is 4.36. The highest BCUT2D eigenvalue weighted by atomic mass is 14.6. The molecule has 0 saturated carbocycles. The second-order valence-electron chi connectivity index (χ2n) is 5.95. The molecule has 1 heterocycles. The van der Waals surface area contributed by atoms with Crippen LogP contribution < -0.4 is 0 Å². The predicted octanol–water partition coefficient (Wildman–Crippen LogP) is 4.18. The molecule has 3 nitrogen and oxygen atoms in total. The van der Waals surface area contributed by atoms with Crippen LogP contribution in [-0.2, 0) is 0 Å². The molecule has 0 unspecified atom stereocenters. The molecule has 0 amide bonds. The molecular formula is C18H17N3. The molecule has 2 rings (SSSR count). The average molecular weight is 275 g/mol. The van der Waals surface area contributed by atoms with Crippen LogP contribution in [0.5, 0.6) is 0 Å². The Bertz CT molecular complexity index is 676. The van der Waals surface area contributed by atoms with Gasteiger partial charge in [-0.3, -0.25) is 4.98 Å². The summed E-state index contributed by atoms with van der Waals surface area (Å²) in [5, 5.41) is 18.1. The van der Waals surface area contributed by atoms with Crippen molar-refractivity contribution in [2.24, 2.45) is 5.41 Å². The molecule has 1 aliphatic carbocycles. The van der Waals surface area contributed by atoms with Gasteiger partial charge in [0.15, 0.2) is 0 Å². The zero-order valence-electron chi connectivity index (χ0n) is 12.3. The summed E-state index contributed by atoms with van der Waals surface area (Å²) in [5.41, 5.74) is 3.11. The van der Waals surface area contributed by atoms with Crippen LogP contribution in [0, 0.1) is 28.1 Å². The number of rotatable bonds is 2. The van der Waals surface area contributed by atoms with Gasteiger partial charge in [0.05, 0.1) is 5.69 Å². The molecule has 0 spiro atoms. The fraction of sp³-hybridized carbons (Fsp3) is 0.278. The van der Waals surface area contributed by atoms with Gasteiger partial charge >= 0.3 is 0 Å². The highest BCUT2D eigenvalue weighted by Crippen LogP contribution is 2.39. The van der Waals surface area contributed by atoms with Crippen LogP contribution in [0.4, 0.5) is 0 Å². The van der Waals surface area contributed by atoms with E-state index in [0.29, 0.717) is 0 Å². The van der Waals surface area contributed by atoms with Gasteiger partial charge in [-0.2, -0.15) is 10.5 Å². The first-order valence-corrected chi connectivity index (χ1v) is 6.87. The van der Waals surface area contributed by atoms with Crippen molar-refractivity contribution in [2.45, 2.75) is 26.7 Å². The van der Waals surface area contributed by atoms with Gasteiger partial charge in [-0.1, -0.05) is 32.1 Å². The molecule has 0 aromatic carbocycles. The normalized spacial score (nSPS) is 17.0. The maximum Gasteiger partial charge on any atom is 0.132 e. The van der Waals surface area contributed by atoms with E-state index in [9.17, 15) is 0 Å². The fourth-order valence-corrected chi connectivity index (χ4v) is 2.56. The Morgan fingerprint density at radius 1 is 1.19 bits per heavy atom. The van der Waals surface area contributed by atoms with E-state index in [-0.39, 0.29) is 11.0 Å². The first kappa shape index (κ1) is 14.8. The van der Waals surface area contributed by atoms with Crippen LogP contribution in [-0.4, -0.2) is 4.98 Å². The molecule has 0 radical (unpaired) electrons. The summed E-state index contributed by atoms with van der Waals surface area (Å²) in [5.74, 6) is 0. The van der Waals surface area contributed by atoms with E-state index in [4.69, 9.17) is 10.5 Å². The van der Waals surface area contributed by atoms with Crippen LogP contribution in [0.25, 0.3) is 6.08 Å². The first-order chi connectivity index (χ1) is 10.0.